The van der Waals surface area contributed by atoms with Crippen molar-refractivity contribution < 1.29 is 12.8 Å². The van der Waals surface area contributed by atoms with E-state index < -0.39 is 15.8 Å². The molecule has 0 radical (unpaired) electrons. The number of hydrogen-bond donors (Lipinski definition) is 2. The molecule has 0 saturated heterocycles. The number of anilines is 2. The third-order valence-corrected chi connectivity index (χ3v) is 3.98. The highest BCUT2D eigenvalue weighted by Gasteiger charge is 2.17. The molecule has 2 heterocycles. The fraction of sp³-hybridized carbons (Fsp3) is 0.231. The molecular formula is C13H15FN4O2S. The van der Waals surface area contributed by atoms with Crippen LogP contribution in [0.5, 0.6) is 0 Å². The van der Waals surface area contributed by atoms with Gasteiger partial charge in [-0.05, 0) is 18.6 Å². The number of hydrogen-bond acceptors (Lipinski definition) is 5. The standard InChI is InChI=1S/C13H15FN4O2S/c1-2-5-16-13-8-10(3-7-17-13)21(19,20)18-12-4-6-15-9-11(12)14/h3-4,6-9H,2,5H2,1H3,(H,15,18)(H,16,17). The van der Waals surface area contributed by atoms with Crippen LogP contribution in [0.1, 0.15) is 13.3 Å². The smallest absolute Gasteiger partial charge is 0.262 e. The average molecular weight is 310 g/mol. The minimum atomic E-state index is -3.88. The summed E-state index contributed by atoms with van der Waals surface area (Å²) in [6.07, 6.45) is 4.52. The van der Waals surface area contributed by atoms with Crippen LogP contribution in [0.3, 0.4) is 0 Å². The molecule has 0 aromatic carbocycles. The summed E-state index contributed by atoms with van der Waals surface area (Å²) in [5.74, 6) is -0.283. The molecule has 21 heavy (non-hydrogen) atoms. The number of pyridine rings is 2. The topological polar surface area (TPSA) is 84.0 Å². The summed E-state index contributed by atoms with van der Waals surface area (Å²) in [5.41, 5.74) is -0.148. The van der Waals surface area contributed by atoms with Gasteiger partial charge < -0.3 is 5.32 Å². The Kier molecular flexibility index (Phi) is 4.69. The summed E-state index contributed by atoms with van der Waals surface area (Å²) in [6.45, 7) is 2.67. The average Bonchev–Trinajstić information content (AvgIpc) is 2.48. The summed E-state index contributed by atoms with van der Waals surface area (Å²) in [7, 11) is -3.88. The van der Waals surface area contributed by atoms with E-state index in [1.54, 1.807) is 0 Å². The van der Waals surface area contributed by atoms with Crippen molar-refractivity contribution in [2.24, 2.45) is 0 Å². The quantitative estimate of drug-likeness (QED) is 0.855. The van der Waals surface area contributed by atoms with Crippen LogP contribution in [0.2, 0.25) is 0 Å². The first-order valence-electron chi connectivity index (χ1n) is 6.35. The monoisotopic (exact) mass is 310 g/mol. The van der Waals surface area contributed by atoms with Crippen LogP contribution in [-0.4, -0.2) is 24.9 Å². The molecule has 0 saturated carbocycles. The van der Waals surface area contributed by atoms with Gasteiger partial charge in [0.1, 0.15) is 5.82 Å². The molecule has 0 bridgehead atoms. The van der Waals surface area contributed by atoms with Crippen LogP contribution in [0.25, 0.3) is 0 Å². The molecule has 8 heteroatoms. The first-order chi connectivity index (χ1) is 10.0. The van der Waals surface area contributed by atoms with Gasteiger partial charge >= 0.3 is 0 Å². The van der Waals surface area contributed by atoms with E-state index in [9.17, 15) is 12.8 Å². The van der Waals surface area contributed by atoms with E-state index in [1.165, 1.54) is 30.6 Å². The second-order valence-electron chi connectivity index (χ2n) is 4.26. The zero-order chi connectivity index (χ0) is 15.3. The highest BCUT2D eigenvalue weighted by molar-refractivity contribution is 7.92. The minimum absolute atomic E-state index is 0.00677. The highest BCUT2D eigenvalue weighted by Crippen LogP contribution is 2.19. The lowest BCUT2D eigenvalue weighted by molar-refractivity contribution is 0.598. The van der Waals surface area contributed by atoms with Crippen molar-refractivity contribution in [1.29, 1.82) is 0 Å². The maximum atomic E-state index is 13.5. The predicted octanol–water partition coefficient (Wildman–Crippen LogP) is 2.24. The van der Waals surface area contributed by atoms with Crippen molar-refractivity contribution in [3.63, 3.8) is 0 Å². The molecular weight excluding hydrogens is 295 g/mol. The number of nitrogens with zero attached hydrogens (tertiary/aromatic N) is 2. The van der Waals surface area contributed by atoms with Gasteiger partial charge in [0.25, 0.3) is 10.0 Å². The van der Waals surface area contributed by atoms with Crippen LogP contribution in [0, 0.1) is 5.82 Å². The lowest BCUT2D eigenvalue weighted by Crippen LogP contribution is -2.14. The Labute approximate surface area is 122 Å². The number of halogens is 1. The van der Waals surface area contributed by atoms with Gasteiger partial charge in [0.15, 0.2) is 5.82 Å². The summed E-state index contributed by atoms with van der Waals surface area (Å²) in [4.78, 5) is 7.60. The fourth-order valence-corrected chi connectivity index (χ4v) is 2.67. The predicted molar refractivity (Wildman–Crippen MR) is 78.0 cm³/mol. The number of sulfonamides is 1. The van der Waals surface area contributed by atoms with Gasteiger partial charge in [-0.3, -0.25) is 9.71 Å². The Morgan fingerprint density at radius 2 is 2.10 bits per heavy atom. The Morgan fingerprint density at radius 3 is 2.81 bits per heavy atom. The highest BCUT2D eigenvalue weighted by atomic mass is 32.2. The Hall–Kier alpha value is -2.22. The molecule has 2 aromatic rings. The summed E-state index contributed by atoms with van der Waals surface area (Å²) in [5, 5.41) is 2.99. The molecule has 112 valence electrons. The van der Waals surface area contributed by atoms with Crippen LogP contribution >= 0.6 is 0 Å². The molecule has 0 aliphatic heterocycles. The second-order valence-corrected chi connectivity index (χ2v) is 5.95. The third kappa shape index (κ3) is 3.88. The minimum Gasteiger partial charge on any atom is -0.370 e. The first-order valence-corrected chi connectivity index (χ1v) is 7.83. The second kappa shape index (κ2) is 6.49. The van der Waals surface area contributed by atoms with E-state index in [0.717, 1.165) is 12.6 Å². The molecule has 2 rings (SSSR count). The van der Waals surface area contributed by atoms with Gasteiger partial charge in [0, 0.05) is 25.0 Å². The van der Waals surface area contributed by atoms with Crippen molar-refractivity contribution in [3.05, 3.63) is 42.6 Å². The molecule has 0 aliphatic rings. The number of rotatable bonds is 6. The first kappa shape index (κ1) is 15.2. The van der Waals surface area contributed by atoms with E-state index in [1.807, 2.05) is 6.92 Å². The molecule has 0 fully saturated rings. The Morgan fingerprint density at radius 1 is 1.29 bits per heavy atom. The van der Waals surface area contributed by atoms with Crippen LogP contribution in [0.4, 0.5) is 15.9 Å². The summed E-state index contributed by atoms with van der Waals surface area (Å²) in [6, 6.07) is 4.00. The molecule has 0 unspecified atom stereocenters. The van der Waals surface area contributed by atoms with Gasteiger partial charge in [-0.2, -0.15) is 0 Å². The van der Waals surface area contributed by atoms with Crippen molar-refractivity contribution in [3.8, 4) is 0 Å². The SMILES string of the molecule is CCCNc1cc(S(=O)(=O)Nc2ccncc2F)ccn1. The summed E-state index contributed by atoms with van der Waals surface area (Å²) < 4.78 is 40.1. The zero-order valence-corrected chi connectivity index (χ0v) is 12.2. The van der Waals surface area contributed by atoms with Crippen molar-refractivity contribution in [1.82, 2.24) is 9.97 Å². The largest absolute Gasteiger partial charge is 0.370 e. The normalized spacial score (nSPS) is 11.1. The van der Waals surface area contributed by atoms with Crippen LogP contribution in [-0.2, 0) is 10.0 Å². The lowest BCUT2D eigenvalue weighted by Gasteiger charge is -2.10. The van der Waals surface area contributed by atoms with Crippen molar-refractivity contribution in [2.45, 2.75) is 18.2 Å². The van der Waals surface area contributed by atoms with Gasteiger partial charge in [-0.1, -0.05) is 6.92 Å². The third-order valence-electron chi connectivity index (χ3n) is 2.61. The van der Waals surface area contributed by atoms with E-state index in [0.29, 0.717) is 12.4 Å². The van der Waals surface area contributed by atoms with E-state index in [2.05, 4.69) is 20.0 Å². The maximum absolute atomic E-state index is 13.5. The van der Waals surface area contributed by atoms with E-state index >= 15 is 0 Å². The van der Waals surface area contributed by atoms with Gasteiger partial charge in [-0.25, -0.2) is 17.8 Å². The molecule has 0 spiro atoms. The van der Waals surface area contributed by atoms with Gasteiger partial charge in [-0.15, -0.1) is 0 Å². The molecule has 0 atom stereocenters. The van der Waals surface area contributed by atoms with Crippen LogP contribution < -0.4 is 10.0 Å². The van der Waals surface area contributed by atoms with Crippen LogP contribution in [0.15, 0.2) is 41.7 Å². The lowest BCUT2D eigenvalue weighted by atomic mass is 10.4. The number of nitrogens with one attached hydrogen (secondary N) is 2. The Bertz CT molecular complexity index is 722. The van der Waals surface area contributed by atoms with Crippen molar-refractivity contribution >= 4 is 21.5 Å². The molecule has 2 aromatic heterocycles. The zero-order valence-electron chi connectivity index (χ0n) is 11.4. The van der Waals surface area contributed by atoms with E-state index in [-0.39, 0.29) is 10.6 Å². The molecule has 0 amide bonds. The molecule has 0 aliphatic carbocycles. The molecule has 6 nitrogen and oxygen atoms in total. The van der Waals surface area contributed by atoms with Crippen molar-refractivity contribution in [2.75, 3.05) is 16.6 Å². The van der Waals surface area contributed by atoms with Gasteiger partial charge in [0.05, 0.1) is 16.8 Å². The Balaban J connectivity index is 2.25. The van der Waals surface area contributed by atoms with E-state index in [4.69, 9.17) is 0 Å². The molecule has 2 N–H and O–H groups in total. The maximum Gasteiger partial charge on any atom is 0.262 e. The summed E-state index contributed by atoms with van der Waals surface area (Å²) >= 11 is 0. The number of aromatic nitrogens is 2. The fourth-order valence-electron chi connectivity index (χ4n) is 1.59. The van der Waals surface area contributed by atoms with Gasteiger partial charge in [0.2, 0.25) is 0 Å².